The lowest BCUT2D eigenvalue weighted by Crippen LogP contribution is -2.37. The van der Waals surface area contributed by atoms with Gasteiger partial charge in [-0.25, -0.2) is 0 Å². The summed E-state index contributed by atoms with van der Waals surface area (Å²) in [5, 5.41) is 9.33. The summed E-state index contributed by atoms with van der Waals surface area (Å²) in [4.78, 5) is 18.8. The Morgan fingerprint density at radius 3 is 3.16 bits per heavy atom. The molecular weight excluding hydrogens is 260 g/mol. The predicted octanol–water partition coefficient (Wildman–Crippen LogP) is 1.33. The van der Waals surface area contributed by atoms with E-state index < -0.39 is 0 Å². The first-order valence-electron chi connectivity index (χ1n) is 6.91. The summed E-state index contributed by atoms with van der Waals surface area (Å²) in [6.45, 7) is 2.89. The molecule has 0 bridgehead atoms. The van der Waals surface area contributed by atoms with E-state index in [1.165, 1.54) is 10.4 Å². The van der Waals surface area contributed by atoms with Gasteiger partial charge in [-0.2, -0.15) is 0 Å². The number of fused-ring (bicyclic) bond motifs is 1. The summed E-state index contributed by atoms with van der Waals surface area (Å²) < 4.78 is 0. The Kier molecular flexibility index (Phi) is 3.60. The Hall–Kier alpha value is -0.910. The van der Waals surface area contributed by atoms with Crippen LogP contribution >= 0.6 is 11.3 Å². The highest BCUT2D eigenvalue weighted by Gasteiger charge is 2.30. The van der Waals surface area contributed by atoms with Crippen molar-refractivity contribution in [2.45, 2.75) is 31.8 Å². The van der Waals surface area contributed by atoms with Crippen molar-refractivity contribution >= 4 is 17.2 Å². The first-order chi connectivity index (χ1) is 9.19. The third kappa shape index (κ3) is 2.42. The second kappa shape index (κ2) is 5.23. The molecule has 5 heteroatoms. The van der Waals surface area contributed by atoms with E-state index in [4.69, 9.17) is 0 Å². The molecule has 3 heterocycles. The molecule has 1 aromatic rings. The van der Waals surface area contributed by atoms with E-state index >= 15 is 0 Å². The lowest BCUT2D eigenvalue weighted by molar-refractivity contribution is 0.0682. The number of likely N-dealkylation sites (tertiary alicyclic amines) is 1. The molecule has 1 atom stereocenters. The Labute approximate surface area is 117 Å². The number of carbonyl (C=O) groups excluding carboxylic acids is 1. The fourth-order valence-corrected chi connectivity index (χ4v) is 4.24. The monoisotopic (exact) mass is 280 g/mol. The molecular formula is C14H20N2O2S. The Morgan fingerprint density at radius 1 is 1.53 bits per heavy atom. The second-order valence-electron chi connectivity index (χ2n) is 5.52. The minimum atomic E-state index is 0.0225. The summed E-state index contributed by atoms with van der Waals surface area (Å²) in [6, 6.07) is 2.09. The molecule has 1 amide bonds. The summed E-state index contributed by atoms with van der Waals surface area (Å²) in [5.41, 5.74) is 1.34. The van der Waals surface area contributed by atoms with Crippen molar-refractivity contribution in [3.05, 3.63) is 21.4 Å². The van der Waals surface area contributed by atoms with Crippen LogP contribution in [-0.2, 0) is 13.0 Å². The maximum atomic E-state index is 12.5. The molecule has 2 aliphatic rings. The Morgan fingerprint density at radius 2 is 2.37 bits per heavy atom. The SMILES string of the molecule is CN1CCc2cc(C(=O)N3CCC[C@H]3CO)sc2C1. The highest BCUT2D eigenvalue weighted by molar-refractivity contribution is 7.14. The molecule has 1 N–H and O–H groups in total. The van der Waals surface area contributed by atoms with Crippen molar-refractivity contribution in [3.63, 3.8) is 0 Å². The number of carbonyl (C=O) groups is 1. The molecule has 19 heavy (non-hydrogen) atoms. The summed E-state index contributed by atoms with van der Waals surface area (Å²) in [5.74, 6) is 0.110. The Bertz CT molecular complexity index is 486. The third-order valence-corrected chi connectivity index (χ3v) is 5.28. The zero-order valence-corrected chi connectivity index (χ0v) is 12.1. The zero-order chi connectivity index (χ0) is 13.4. The first kappa shape index (κ1) is 13.1. The zero-order valence-electron chi connectivity index (χ0n) is 11.3. The molecule has 1 fully saturated rings. The molecule has 3 rings (SSSR count). The number of hydrogen-bond acceptors (Lipinski definition) is 4. The fourth-order valence-electron chi connectivity index (χ4n) is 2.99. The van der Waals surface area contributed by atoms with Crippen molar-refractivity contribution in [1.82, 2.24) is 9.80 Å². The van der Waals surface area contributed by atoms with Crippen LogP contribution in [0.3, 0.4) is 0 Å². The molecule has 1 saturated heterocycles. The summed E-state index contributed by atoms with van der Waals surface area (Å²) >= 11 is 1.63. The number of aliphatic hydroxyl groups is 1. The van der Waals surface area contributed by atoms with Gasteiger partial charge < -0.3 is 14.9 Å². The van der Waals surface area contributed by atoms with E-state index in [1.54, 1.807) is 11.3 Å². The smallest absolute Gasteiger partial charge is 0.264 e. The van der Waals surface area contributed by atoms with Crippen molar-refractivity contribution in [3.8, 4) is 0 Å². The van der Waals surface area contributed by atoms with Gasteiger partial charge in [0.15, 0.2) is 0 Å². The molecule has 0 spiro atoms. The van der Waals surface area contributed by atoms with Gasteiger partial charge in [-0.1, -0.05) is 0 Å². The van der Waals surface area contributed by atoms with Crippen LogP contribution in [0.4, 0.5) is 0 Å². The van der Waals surface area contributed by atoms with E-state index in [0.717, 1.165) is 43.8 Å². The highest BCUT2D eigenvalue weighted by atomic mass is 32.1. The minimum absolute atomic E-state index is 0.0225. The van der Waals surface area contributed by atoms with E-state index in [0.29, 0.717) is 0 Å². The van der Waals surface area contributed by atoms with E-state index in [-0.39, 0.29) is 18.6 Å². The molecule has 104 valence electrons. The van der Waals surface area contributed by atoms with Crippen LogP contribution in [0.25, 0.3) is 0 Å². The van der Waals surface area contributed by atoms with Crippen LogP contribution in [0.15, 0.2) is 6.07 Å². The molecule has 0 aliphatic carbocycles. The van der Waals surface area contributed by atoms with Crippen molar-refractivity contribution in [2.24, 2.45) is 0 Å². The lowest BCUT2D eigenvalue weighted by Gasteiger charge is -2.22. The number of nitrogens with zero attached hydrogens (tertiary/aromatic N) is 2. The average Bonchev–Trinajstić information content (AvgIpc) is 3.03. The van der Waals surface area contributed by atoms with Crippen LogP contribution in [0.2, 0.25) is 0 Å². The molecule has 0 saturated carbocycles. The number of likely N-dealkylation sites (N-methyl/N-ethyl adjacent to an activating group) is 1. The van der Waals surface area contributed by atoms with Gasteiger partial charge in [0.2, 0.25) is 0 Å². The van der Waals surface area contributed by atoms with Gasteiger partial charge in [-0.15, -0.1) is 11.3 Å². The van der Waals surface area contributed by atoms with Gasteiger partial charge in [0, 0.05) is 24.5 Å². The molecule has 4 nitrogen and oxygen atoms in total. The molecule has 0 aromatic carbocycles. The van der Waals surface area contributed by atoms with Crippen molar-refractivity contribution < 1.29 is 9.90 Å². The van der Waals surface area contributed by atoms with Gasteiger partial charge in [-0.05, 0) is 37.9 Å². The number of amides is 1. The minimum Gasteiger partial charge on any atom is -0.394 e. The fraction of sp³-hybridized carbons (Fsp3) is 0.643. The number of rotatable bonds is 2. The normalized spacial score (nSPS) is 23.7. The van der Waals surface area contributed by atoms with E-state index in [1.807, 2.05) is 4.90 Å². The molecule has 0 unspecified atom stereocenters. The van der Waals surface area contributed by atoms with Crippen LogP contribution in [0.1, 0.15) is 33.0 Å². The highest BCUT2D eigenvalue weighted by Crippen LogP contribution is 2.30. The quantitative estimate of drug-likeness (QED) is 0.889. The molecule has 0 radical (unpaired) electrons. The van der Waals surface area contributed by atoms with Gasteiger partial charge in [-0.3, -0.25) is 4.79 Å². The van der Waals surface area contributed by atoms with E-state index in [2.05, 4.69) is 18.0 Å². The van der Waals surface area contributed by atoms with Crippen molar-refractivity contribution in [1.29, 1.82) is 0 Å². The summed E-state index contributed by atoms with van der Waals surface area (Å²) in [7, 11) is 2.12. The topological polar surface area (TPSA) is 43.8 Å². The average molecular weight is 280 g/mol. The van der Waals surface area contributed by atoms with E-state index in [9.17, 15) is 9.90 Å². The van der Waals surface area contributed by atoms with Gasteiger partial charge in [0.1, 0.15) is 0 Å². The van der Waals surface area contributed by atoms with Crippen LogP contribution < -0.4 is 0 Å². The number of thiophene rings is 1. The van der Waals surface area contributed by atoms with Crippen molar-refractivity contribution in [2.75, 3.05) is 26.7 Å². The lowest BCUT2D eigenvalue weighted by atomic mass is 10.1. The number of hydrogen-bond donors (Lipinski definition) is 1. The second-order valence-corrected chi connectivity index (χ2v) is 6.66. The third-order valence-electron chi connectivity index (χ3n) is 4.13. The van der Waals surface area contributed by atoms with Gasteiger partial charge in [0.05, 0.1) is 17.5 Å². The predicted molar refractivity (Wildman–Crippen MR) is 75.5 cm³/mol. The number of aliphatic hydroxyl groups excluding tert-OH is 1. The standard InChI is InChI=1S/C14H20N2O2S/c1-15-6-4-10-7-12(19-13(10)8-15)14(18)16-5-2-3-11(16)9-17/h7,11,17H,2-6,8-9H2,1H3/t11-/m0/s1. The first-order valence-corrected chi connectivity index (χ1v) is 7.72. The van der Waals surface area contributed by atoms with Crippen LogP contribution in [0, 0.1) is 0 Å². The Balaban J connectivity index is 1.81. The van der Waals surface area contributed by atoms with Gasteiger partial charge in [0.25, 0.3) is 5.91 Å². The largest absolute Gasteiger partial charge is 0.394 e. The van der Waals surface area contributed by atoms with Crippen LogP contribution in [-0.4, -0.2) is 53.6 Å². The van der Waals surface area contributed by atoms with Crippen LogP contribution in [0.5, 0.6) is 0 Å². The molecule has 1 aromatic heterocycles. The maximum absolute atomic E-state index is 12.5. The maximum Gasteiger partial charge on any atom is 0.264 e. The summed E-state index contributed by atoms with van der Waals surface area (Å²) in [6.07, 6.45) is 2.97. The van der Waals surface area contributed by atoms with Gasteiger partial charge >= 0.3 is 0 Å². The molecule has 2 aliphatic heterocycles.